The van der Waals surface area contributed by atoms with E-state index in [0.29, 0.717) is 0 Å². The van der Waals surface area contributed by atoms with Crippen LogP contribution in [0.15, 0.2) is 36.4 Å². The maximum atomic E-state index is 5.88. The Hall–Kier alpha value is 0.890. The SMILES string of the molecule is ClC1C(Cl)C(Cl)C(Cl)C(Cl)C1Cl.F.c1ccccc1. The first-order valence-electron chi connectivity index (χ1n) is 5.31. The van der Waals surface area contributed by atoms with Gasteiger partial charge in [-0.2, -0.15) is 0 Å². The summed E-state index contributed by atoms with van der Waals surface area (Å²) in [7, 11) is 0. The number of benzene rings is 1. The Labute approximate surface area is 142 Å². The molecule has 0 radical (unpaired) electrons. The van der Waals surface area contributed by atoms with E-state index in [1.807, 2.05) is 36.4 Å². The van der Waals surface area contributed by atoms with Crippen LogP contribution in [-0.4, -0.2) is 32.3 Å². The van der Waals surface area contributed by atoms with Crippen molar-refractivity contribution in [3.8, 4) is 0 Å². The Bertz CT molecular complexity index is 253. The van der Waals surface area contributed by atoms with E-state index in [0.717, 1.165) is 0 Å². The Morgan fingerprint density at radius 1 is 0.368 bits per heavy atom. The van der Waals surface area contributed by atoms with Crippen LogP contribution in [0.5, 0.6) is 0 Å². The fraction of sp³-hybridized carbons (Fsp3) is 0.500. The Morgan fingerprint density at radius 2 is 0.474 bits per heavy atom. The van der Waals surface area contributed by atoms with Crippen molar-refractivity contribution in [3.05, 3.63) is 36.4 Å². The molecule has 7 heteroatoms. The molecule has 0 N–H and O–H groups in total. The highest BCUT2D eigenvalue weighted by atomic mass is 35.5. The lowest BCUT2D eigenvalue weighted by atomic mass is 9.97. The molecule has 1 aromatic carbocycles. The van der Waals surface area contributed by atoms with E-state index in [1.54, 1.807) is 0 Å². The fourth-order valence-electron chi connectivity index (χ4n) is 1.44. The van der Waals surface area contributed by atoms with Gasteiger partial charge in [0, 0.05) is 0 Å². The smallest absolute Gasteiger partial charge is 0.0693 e. The third-order valence-corrected chi connectivity index (χ3v) is 6.52. The van der Waals surface area contributed by atoms with Gasteiger partial charge < -0.3 is 0 Å². The summed E-state index contributed by atoms with van der Waals surface area (Å²) in [6.07, 6.45) is 0. The van der Waals surface area contributed by atoms with Gasteiger partial charge in [-0.25, -0.2) is 0 Å². The molecule has 0 aliphatic heterocycles. The molecule has 0 saturated heterocycles. The van der Waals surface area contributed by atoms with Crippen molar-refractivity contribution in [2.24, 2.45) is 0 Å². The Kier molecular flexibility index (Phi) is 10.2. The summed E-state index contributed by atoms with van der Waals surface area (Å²) >= 11 is 35.3. The molecular weight excluding hydrogens is 376 g/mol. The van der Waals surface area contributed by atoms with Crippen molar-refractivity contribution in [2.75, 3.05) is 0 Å². The average molecular weight is 389 g/mol. The number of alkyl halides is 6. The van der Waals surface area contributed by atoms with Crippen LogP contribution in [-0.2, 0) is 0 Å². The van der Waals surface area contributed by atoms with Gasteiger partial charge in [0.15, 0.2) is 0 Å². The van der Waals surface area contributed by atoms with Crippen LogP contribution in [0.3, 0.4) is 0 Å². The molecule has 0 unspecified atom stereocenters. The van der Waals surface area contributed by atoms with E-state index in [2.05, 4.69) is 0 Å². The summed E-state index contributed by atoms with van der Waals surface area (Å²) in [6, 6.07) is 12.0. The number of rotatable bonds is 0. The van der Waals surface area contributed by atoms with Crippen molar-refractivity contribution >= 4 is 69.6 Å². The van der Waals surface area contributed by atoms with Gasteiger partial charge >= 0.3 is 0 Å². The molecule has 0 spiro atoms. The molecule has 0 heterocycles. The second-order valence-corrected chi connectivity index (χ2v) is 6.84. The lowest BCUT2D eigenvalue weighted by Crippen LogP contribution is -2.52. The van der Waals surface area contributed by atoms with Crippen molar-refractivity contribution in [1.29, 1.82) is 0 Å². The monoisotopic (exact) mass is 386 g/mol. The van der Waals surface area contributed by atoms with Crippen molar-refractivity contribution in [3.63, 3.8) is 0 Å². The minimum Gasteiger partial charge on any atom is -0.269 e. The predicted molar refractivity (Wildman–Crippen MR) is 86.8 cm³/mol. The third-order valence-electron chi connectivity index (χ3n) is 2.49. The highest BCUT2D eigenvalue weighted by Gasteiger charge is 2.46. The molecule has 1 fully saturated rings. The standard InChI is InChI=1S/C6H6Cl6.C6H6.FH/c7-1-2(8)4(10)6(12)5(11)3(1)9;1-2-4-6-5-3-1;/h1-6H;1-6H;1H. The molecule has 2 rings (SSSR count). The molecule has 1 aromatic rings. The minimum absolute atomic E-state index is 0. The average Bonchev–Trinajstić information content (AvgIpc) is 2.43. The van der Waals surface area contributed by atoms with Gasteiger partial charge in [0.2, 0.25) is 0 Å². The zero-order chi connectivity index (χ0) is 13.7. The summed E-state index contributed by atoms with van der Waals surface area (Å²) in [5, 5.41) is -2.62. The zero-order valence-electron chi connectivity index (χ0n) is 9.60. The van der Waals surface area contributed by atoms with E-state index in [1.165, 1.54) is 0 Å². The topological polar surface area (TPSA) is 0 Å². The van der Waals surface area contributed by atoms with Gasteiger partial charge in [-0.05, 0) is 0 Å². The fourth-order valence-corrected chi connectivity index (χ4v) is 3.77. The summed E-state index contributed by atoms with van der Waals surface area (Å²) < 4.78 is 0. The molecule has 1 aliphatic rings. The van der Waals surface area contributed by atoms with Crippen molar-refractivity contribution in [2.45, 2.75) is 32.3 Å². The second kappa shape index (κ2) is 9.76. The largest absolute Gasteiger partial charge is 0.269 e. The maximum absolute atomic E-state index is 5.88. The zero-order valence-corrected chi connectivity index (χ0v) is 14.1. The lowest BCUT2D eigenvalue weighted by Gasteiger charge is -2.37. The molecule has 1 saturated carbocycles. The molecule has 110 valence electrons. The lowest BCUT2D eigenvalue weighted by molar-refractivity contribution is 0.544. The summed E-state index contributed by atoms with van der Waals surface area (Å²) in [5.41, 5.74) is 0. The van der Waals surface area contributed by atoms with Crippen molar-refractivity contribution < 1.29 is 4.70 Å². The highest BCUT2D eigenvalue weighted by molar-refractivity contribution is 6.45. The van der Waals surface area contributed by atoms with Crippen LogP contribution >= 0.6 is 69.6 Å². The highest BCUT2D eigenvalue weighted by Crippen LogP contribution is 2.39. The first kappa shape index (κ1) is 19.9. The normalized spacial score (nSPS) is 37.6. The third kappa shape index (κ3) is 5.65. The van der Waals surface area contributed by atoms with Crippen LogP contribution < -0.4 is 0 Å². The van der Waals surface area contributed by atoms with Gasteiger partial charge in [-0.1, -0.05) is 36.4 Å². The molecule has 19 heavy (non-hydrogen) atoms. The Balaban J connectivity index is 0.000000392. The Morgan fingerprint density at radius 3 is 0.579 bits per heavy atom. The summed E-state index contributed by atoms with van der Waals surface area (Å²) in [4.78, 5) is 0. The van der Waals surface area contributed by atoms with E-state index < -0.39 is 32.3 Å². The first-order chi connectivity index (χ1) is 8.46. The molecular formula is C12H13Cl6F. The van der Waals surface area contributed by atoms with E-state index in [-0.39, 0.29) is 4.70 Å². The van der Waals surface area contributed by atoms with Crippen LogP contribution in [0.25, 0.3) is 0 Å². The molecule has 0 atom stereocenters. The minimum atomic E-state index is -0.437. The summed E-state index contributed by atoms with van der Waals surface area (Å²) in [6.45, 7) is 0. The van der Waals surface area contributed by atoms with E-state index in [4.69, 9.17) is 69.6 Å². The molecule has 0 amide bonds. The van der Waals surface area contributed by atoms with E-state index in [9.17, 15) is 0 Å². The van der Waals surface area contributed by atoms with E-state index >= 15 is 0 Å². The maximum Gasteiger partial charge on any atom is 0.0693 e. The predicted octanol–water partition coefficient (Wildman–Crippen LogP) is 5.48. The molecule has 1 aliphatic carbocycles. The van der Waals surface area contributed by atoms with Gasteiger partial charge in [0.1, 0.15) is 0 Å². The van der Waals surface area contributed by atoms with Gasteiger partial charge in [-0.3, -0.25) is 4.70 Å². The van der Waals surface area contributed by atoms with Gasteiger partial charge in [0.05, 0.1) is 32.3 Å². The first-order valence-corrected chi connectivity index (χ1v) is 7.93. The van der Waals surface area contributed by atoms with Crippen LogP contribution in [0.1, 0.15) is 0 Å². The van der Waals surface area contributed by atoms with Crippen LogP contribution in [0, 0.1) is 0 Å². The number of hydrogen-bond acceptors (Lipinski definition) is 0. The van der Waals surface area contributed by atoms with Crippen LogP contribution in [0.4, 0.5) is 4.70 Å². The number of hydrogen-bond donors (Lipinski definition) is 0. The van der Waals surface area contributed by atoms with Crippen molar-refractivity contribution in [1.82, 2.24) is 0 Å². The van der Waals surface area contributed by atoms with Gasteiger partial charge in [-0.15, -0.1) is 69.6 Å². The summed E-state index contributed by atoms with van der Waals surface area (Å²) in [5.74, 6) is 0. The second-order valence-electron chi connectivity index (χ2n) is 3.82. The van der Waals surface area contributed by atoms with Crippen LogP contribution in [0.2, 0.25) is 0 Å². The molecule has 0 bridgehead atoms. The number of halogens is 7. The molecule has 0 aromatic heterocycles. The molecule has 0 nitrogen and oxygen atoms in total. The van der Waals surface area contributed by atoms with Gasteiger partial charge in [0.25, 0.3) is 0 Å². The quantitative estimate of drug-likeness (QED) is 0.516.